The van der Waals surface area contributed by atoms with Crippen molar-refractivity contribution in [2.45, 2.75) is 66.7 Å². The highest BCUT2D eigenvalue weighted by atomic mass is 16.3. The van der Waals surface area contributed by atoms with Crippen LogP contribution in [0.2, 0.25) is 0 Å². The van der Waals surface area contributed by atoms with Gasteiger partial charge in [0.1, 0.15) is 0 Å². The molecule has 1 nitrogen and oxygen atoms in total. The van der Waals surface area contributed by atoms with E-state index in [1.165, 1.54) is 32.1 Å². The maximum atomic E-state index is 9.40. The van der Waals surface area contributed by atoms with Gasteiger partial charge in [0.05, 0.1) is 0 Å². The number of unbranched alkanes of at least 4 members (excludes halogenated alkanes) is 2. The van der Waals surface area contributed by atoms with E-state index in [1.807, 2.05) is 0 Å². The minimum Gasteiger partial charge on any atom is -0.396 e. The molecule has 0 saturated heterocycles. The van der Waals surface area contributed by atoms with Gasteiger partial charge in [-0.1, -0.05) is 60.3 Å². The van der Waals surface area contributed by atoms with Crippen LogP contribution in [0.15, 0.2) is 0 Å². The molecule has 0 aromatic heterocycles. The van der Waals surface area contributed by atoms with Crippen LogP contribution in [0.3, 0.4) is 0 Å². The molecule has 0 aliphatic carbocycles. The summed E-state index contributed by atoms with van der Waals surface area (Å²) in [7, 11) is 0. The van der Waals surface area contributed by atoms with Gasteiger partial charge in [0.15, 0.2) is 0 Å². The van der Waals surface area contributed by atoms with Gasteiger partial charge >= 0.3 is 0 Å². The van der Waals surface area contributed by atoms with Crippen molar-refractivity contribution in [3.8, 4) is 0 Å². The first-order valence-corrected chi connectivity index (χ1v) is 6.53. The van der Waals surface area contributed by atoms with Crippen LogP contribution in [-0.4, -0.2) is 11.7 Å². The molecule has 92 valence electrons. The molecule has 0 aromatic carbocycles. The largest absolute Gasteiger partial charge is 0.396 e. The van der Waals surface area contributed by atoms with Crippen LogP contribution in [0, 0.1) is 17.3 Å². The van der Waals surface area contributed by atoms with Gasteiger partial charge < -0.3 is 5.11 Å². The number of hydrogen-bond acceptors (Lipinski definition) is 1. The monoisotopic (exact) mass is 214 g/mol. The highest BCUT2D eigenvalue weighted by molar-refractivity contribution is 4.76. The normalized spacial score (nSPS) is 16.0. The standard InChI is InChI=1S/C14H30O/c1-12(2)9-7-6-8-10-14(5,11-15)13(3)4/h12-13,15H,6-11H2,1-5H3. The molecule has 0 aliphatic rings. The molecule has 0 radical (unpaired) electrons. The first-order chi connectivity index (χ1) is 6.92. The topological polar surface area (TPSA) is 20.2 Å². The maximum Gasteiger partial charge on any atom is 0.0487 e. The maximum absolute atomic E-state index is 9.40. The second-order valence-corrected chi connectivity index (χ2v) is 5.96. The van der Waals surface area contributed by atoms with Gasteiger partial charge in [-0.15, -0.1) is 0 Å². The van der Waals surface area contributed by atoms with Gasteiger partial charge in [-0.2, -0.15) is 0 Å². The Hall–Kier alpha value is -0.0400. The minimum absolute atomic E-state index is 0.137. The molecule has 0 rings (SSSR count). The predicted octanol–water partition coefficient (Wildman–Crippen LogP) is 4.25. The van der Waals surface area contributed by atoms with Crippen molar-refractivity contribution in [2.24, 2.45) is 17.3 Å². The number of rotatable bonds is 8. The van der Waals surface area contributed by atoms with Gasteiger partial charge in [-0.3, -0.25) is 0 Å². The Morgan fingerprint density at radius 2 is 1.60 bits per heavy atom. The Morgan fingerprint density at radius 3 is 2.00 bits per heavy atom. The van der Waals surface area contributed by atoms with Crippen LogP contribution < -0.4 is 0 Å². The lowest BCUT2D eigenvalue weighted by Gasteiger charge is -2.31. The second kappa shape index (κ2) is 7.27. The third-order valence-corrected chi connectivity index (χ3v) is 3.78. The molecule has 0 fully saturated rings. The van der Waals surface area contributed by atoms with Crippen molar-refractivity contribution < 1.29 is 5.11 Å². The molecule has 1 heteroatoms. The summed E-state index contributed by atoms with van der Waals surface area (Å²) in [6, 6.07) is 0. The van der Waals surface area contributed by atoms with Crippen molar-refractivity contribution in [1.82, 2.24) is 0 Å². The third-order valence-electron chi connectivity index (χ3n) is 3.78. The van der Waals surface area contributed by atoms with E-state index in [1.54, 1.807) is 0 Å². The predicted molar refractivity (Wildman–Crippen MR) is 68.0 cm³/mol. The average molecular weight is 214 g/mol. The van der Waals surface area contributed by atoms with Crippen molar-refractivity contribution in [3.05, 3.63) is 0 Å². The number of hydrogen-bond donors (Lipinski definition) is 1. The van der Waals surface area contributed by atoms with Crippen molar-refractivity contribution >= 4 is 0 Å². The molecule has 0 saturated carbocycles. The molecular weight excluding hydrogens is 184 g/mol. The molecule has 0 amide bonds. The van der Waals surface area contributed by atoms with Crippen LogP contribution in [-0.2, 0) is 0 Å². The van der Waals surface area contributed by atoms with Crippen molar-refractivity contribution in [1.29, 1.82) is 0 Å². The van der Waals surface area contributed by atoms with E-state index in [-0.39, 0.29) is 5.41 Å². The second-order valence-electron chi connectivity index (χ2n) is 5.96. The van der Waals surface area contributed by atoms with Gasteiger partial charge in [-0.25, -0.2) is 0 Å². The third kappa shape index (κ3) is 6.19. The zero-order valence-corrected chi connectivity index (χ0v) is 11.3. The lowest BCUT2D eigenvalue weighted by molar-refractivity contribution is 0.0824. The summed E-state index contributed by atoms with van der Waals surface area (Å²) >= 11 is 0. The fourth-order valence-electron chi connectivity index (χ4n) is 1.81. The van der Waals surface area contributed by atoms with E-state index in [0.717, 1.165) is 5.92 Å². The summed E-state index contributed by atoms with van der Waals surface area (Å²) < 4.78 is 0. The molecular formula is C14H30O. The quantitative estimate of drug-likeness (QED) is 0.599. The zero-order valence-electron chi connectivity index (χ0n) is 11.3. The highest BCUT2D eigenvalue weighted by Gasteiger charge is 2.26. The summed E-state index contributed by atoms with van der Waals surface area (Å²) in [4.78, 5) is 0. The molecule has 0 bridgehead atoms. The van der Waals surface area contributed by atoms with Gasteiger partial charge in [0.25, 0.3) is 0 Å². The van der Waals surface area contributed by atoms with E-state index < -0.39 is 0 Å². The van der Waals surface area contributed by atoms with Gasteiger partial charge in [-0.05, 0) is 23.7 Å². The Bertz CT molecular complexity index is 151. The minimum atomic E-state index is 0.137. The summed E-state index contributed by atoms with van der Waals surface area (Å²) in [6.45, 7) is 11.5. The lowest BCUT2D eigenvalue weighted by atomic mass is 9.76. The van der Waals surface area contributed by atoms with Gasteiger partial charge in [0, 0.05) is 6.61 Å². The summed E-state index contributed by atoms with van der Waals surface area (Å²) in [5.41, 5.74) is 0.137. The first-order valence-electron chi connectivity index (χ1n) is 6.53. The molecule has 0 spiro atoms. The molecule has 1 N–H and O–H groups in total. The molecule has 0 aliphatic heterocycles. The van der Waals surface area contributed by atoms with Gasteiger partial charge in [0.2, 0.25) is 0 Å². The summed E-state index contributed by atoms with van der Waals surface area (Å²) in [5, 5.41) is 9.40. The van der Waals surface area contributed by atoms with Crippen LogP contribution >= 0.6 is 0 Å². The molecule has 1 unspecified atom stereocenters. The Balaban J connectivity index is 3.64. The smallest absolute Gasteiger partial charge is 0.0487 e. The zero-order chi connectivity index (χ0) is 11.9. The van der Waals surface area contributed by atoms with E-state index in [0.29, 0.717) is 12.5 Å². The summed E-state index contributed by atoms with van der Waals surface area (Å²) in [6.07, 6.45) is 6.44. The Morgan fingerprint density at radius 1 is 1.00 bits per heavy atom. The van der Waals surface area contributed by atoms with E-state index in [9.17, 15) is 5.11 Å². The summed E-state index contributed by atoms with van der Waals surface area (Å²) in [5.74, 6) is 1.41. The molecule has 0 aromatic rings. The SMILES string of the molecule is CC(C)CCCCCC(C)(CO)C(C)C. The lowest BCUT2D eigenvalue weighted by Crippen LogP contribution is -2.27. The number of aliphatic hydroxyl groups is 1. The van der Waals surface area contributed by atoms with E-state index >= 15 is 0 Å². The van der Waals surface area contributed by atoms with Crippen LogP contribution in [0.1, 0.15) is 66.7 Å². The average Bonchev–Trinajstić information content (AvgIpc) is 2.16. The van der Waals surface area contributed by atoms with Crippen molar-refractivity contribution in [3.63, 3.8) is 0 Å². The Labute approximate surface area is 96.3 Å². The highest BCUT2D eigenvalue weighted by Crippen LogP contribution is 2.32. The molecule has 0 heterocycles. The van der Waals surface area contributed by atoms with Crippen LogP contribution in [0.25, 0.3) is 0 Å². The molecule has 1 atom stereocenters. The van der Waals surface area contributed by atoms with E-state index in [2.05, 4.69) is 34.6 Å². The Kier molecular flexibility index (Phi) is 7.25. The number of aliphatic hydroxyl groups excluding tert-OH is 1. The fourth-order valence-corrected chi connectivity index (χ4v) is 1.81. The van der Waals surface area contributed by atoms with Crippen LogP contribution in [0.4, 0.5) is 0 Å². The van der Waals surface area contributed by atoms with Crippen molar-refractivity contribution in [2.75, 3.05) is 6.61 Å². The fraction of sp³-hybridized carbons (Fsp3) is 1.00. The molecule has 15 heavy (non-hydrogen) atoms. The van der Waals surface area contributed by atoms with Crippen LogP contribution in [0.5, 0.6) is 0 Å². The first kappa shape index (κ1) is 15.0. The van der Waals surface area contributed by atoms with E-state index in [4.69, 9.17) is 0 Å².